The van der Waals surface area contributed by atoms with Crippen molar-refractivity contribution in [2.75, 3.05) is 19.1 Å². The Bertz CT molecular complexity index is 536. The lowest BCUT2D eigenvalue weighted by Gasteiger charge is -2.17. The molecule has 6 heteroatoms. The molecular weight excluding hydrogens is 236 g/mol. The average molecular weight is 246 g/mol. The van der Waals surface area contributed by atoms with Gasteiger partial charge in [0.2, 0.25) is 0 Å². The van der Waals surface area contributed by atoms with Gasteiger partial charge in [-0.25, -0.2) is 18.4 Å². The van der Waals surface area contributed by atoms with Gasteiger partial charge < -0.3 is 5.01 Å². The van der Waals surface area contributed by atoms with Crippen molar-refractivity contribution in [3.05, 3.63) is 29.6 Å². The smallest absolute Gasteiger partial charge is 0.186 e. The molecule has 0 saturated heterocycles. The van der Waals surface area contributed by atoms with Gasteiger partial charge in [-0.3, -0.25) is 0 Å². The SMILES string of the molecule is CN(C)n1c(CCl)nc2ccc(F)c(F)c21. The summed E-state index contributed by atoms with van der Waals surface area (Å²) in [6.07, 6.45) is 0. The van der Waals surface area contributed by atoms with E-state index in [0.717, 1.165) is 6.07 Å². The highest BCUT2D eigenvalue weighted by Gasteiger charge is 2.17. The Morgan fingerprint density at radius 3 is 2.62 bits per heavy atom. The highest BCUT2D eigenvalue weighted by Crippen LogP contribution is 2.22. The number of halogens is 3. The molecule has 0 saturated carbocycles. The van der Waals surface area contributed by atoms with E-state index in [4.69, 9.17) is 11.6 Å². The zero-order valence-electron chi connectivity index (χ0n) is 8.84. The largest absolute Gasteiger partial charge is 0.317 e. The van der Waals surface area contributed by atoms with Gasteiger partial charge in [0.1, 0.15) is 11.3 Å². The Kier molecular flexibility index (Phi) is 2.71. The minimum absolute atomic E-state index is 0.112. The van der Waals surface area contributed by atoms with Crippen molar-refractivity contribution in [3.8, 4) is 0 Å². The molecule has 16 heavy (non-hydrogen) atoms. The highest BCUT2D eigenvalue weighted by atomic mass is 35.5. The first-order chi connectivity index (χ1) is 7.56. The average Bonchev–Trinajstić information content (AvgIpc) is 2.62. The third-order valence-electron chi connectivity index (χ3n) is 2.27. The fraction of sp³-hybridized carbons (Fsp3) is 0.300. The first-order valence-electron chi connectivity index (χ1n) is 4.65. The number of benzene rings is 1. The van der Waals surface area contributed by atoms with Crippen molar-refractivity contribution in [3.63, 3.8) is 0 Å². The molecule has 0 atom stereocenters. The fourth-order valence-corrected chi connectivity index (χ4v) is 1.83. The van der Waals surface area contributed by atoms with E-state index in [1.807, 2.05) is 0 Å². The number of hydrogen-bond acceptors (Lipinski definition) is 2. The molecule has 1 aromatic heterocycles. The van der Waals surface area contributed by atoms with Gasteiger partial charge in [0, 0.05) is 14.1 Å². The molecule has 0 bridgehead atoms. The first kappa shape index (κ1) is 11.1. The number of hydrogen-bond donors (Lipinski definition) is 0. The quantitative estimate of drug-likeness (QED) is 0.757. The summed E-state index contributed by atoms with van der Waals surface area (Å²) in [5, 5.41) is 1.61. The summed E-state index contributed by atoms with van der Waals surface area (Å²) in [4.78, 5) is 4.14. The van der Waals surface area contributed by atoms with Crippen LogP contribution in [0, 0.1) is 11.6 Å². The lowest BCUT2D eigenvalue weighted by molar-refractivity contribution is 0.511. The predicted octanol–water partition coefficient (Wildman–Crippen LogP) is 2.25. The molecule has 1 aromatic carbocycles. The molecule has 0 unspecified atom stereocenters. The second-order valence-electron chi connectivity index (χ2n) is 3.55. The van der Waals surface area contributed by atoms with Gasteiger partial charge >= 0.3 is 0 Å². The molecule has 0 amide bonds. The summed E-state index contributed by atoms with van der Waals surface area (Å²) in [6.45, 7) is 0. The van der Waals surface area contributed by atoms with Gasteiger partial charge in [-0.2, -0.15) is 0 Å². The maximum atomic E-state index is 13.7. The van der Waals surface area contributed by atoms with Crippen molar-refractivity contribution in [2.45, 2.75) is 5.88 Å². The van der Waals surface area contributed by atoms with Crippen molar-refractivity contribution in [1.82, 2.24) is 9.66 Å². The van der Waals surface area contributed by atoms with Crippen LogP contribution in [0.4, 0.5) is 8.78 Å². The highest BCUT2D eigenvalue weighted by molar-refractivity contribution is 6.16. The van der Waals surface area contributed by atoms with E-state index < -0.39 is 11.6 Å². The lowest BCUT2D eigenvalue weighted by atomic mass is 10.3. The van der Waals surface area contributed by atoms with E-state index in [0.29, 0.717) is 11.3 Å². The van der Waals surface area contributed by atoms with Gasteiger partial charge in [0.15, 0.2) is 11.6 Å². The molecular formula is C10H10ClF2N3. The third kappa shape index (κ3) is 1.51. The van der Waals surface area contributed by atoms with Crippen LogP contribution in [0.25, 0.3) is 11.0 Å². The topological polar surface area (TPSA) is 21.1 Å². The molecule has 0 radical (unpaired) electrons. The zero-order chi connectivity index (χ0) is 11.9. The molecule has 0 fully saturated rings. The van der Waals surface area contributed by atoms with Crippen molar-refractivity contribution >= 4 is 22.6 Å². The maximum absolute atomic E-state index is 13.7. The van der Waals surface area contributed by atoms with Crippen LogP contribution in [0.2, 0.25) is 0 Å². The first-order valence-corrected chi connectivity index (χ1v) is 5.18. The van der Waals surface area contributed by atoms with Crippen LogP contribution in [0.3, 0.4) is 0 Å². The zero-order valence-corrected chi connectivity index (χ0v) is 9.59. The van der Waals surface area contributed by atoms with Crippen molar-refractivity contribution < 1.29 is 8.78 Å². The summed E-state index contributed by atoms with van der Waals surface area (Å²) in [6, 6.07) is 2.49. The number of alkyl halides is 1. The van der Waals surface area contributed by atoms with Gasteiger partial charge in [-0.05, 0) is 12.1 Å². The van der Waals surface area contributed by atoms with Crippen molar-refractivity contribution in [2.24, 2.45) is 0 Å². The Morgan fingerprint density at radius 2 is 2.06 bits per heavy atom. The Morgan fingerprint density at radius 1 is 1.38 bits per heavy atom. The predicted molar refractivity (Wildman–Crippen MR) is 59.3 cm³/mol. The molecule has 86 valence electrons. The Labute approximate surface area is 96.2 Å². The second kappa shape index (κ2) is 3.90. The van der Waals surface area contributed by atoms with Crippen LogP contribution in [-0.2, 0) is 5.88 Å². The summed E-state index contributed by atoms with van der Waals surface area (Å²) in [5.41, 5.74) is 0.504. The van der Waals surface area contributed by atoms with Crippen LogP contribution in [-0.4, -0.2) is 23.8 Å². The van der Waals surface area contributed by atoms with E-state index in [2.05, 4.69) is 4.98 Å². The molecule has 0 aliphatic carbocycles. The fourth-order valence-electron chi connectivity index (χ4n) is 1.65. The van der Waals surface area contributed by atoms with Crippen molar-refractivity contribution in [1.29, 1.82) is 0 Å². The number of aromatic nitrogens is 2. The van der Waals surface area contributed by atoms with Gasteiger partial charge in [0.05, 0.1) is 11.4 Å². The van der Waals surface area contributed by atoms with E-state index in [1.54, 1.807) is 19.1 Å². The van der Waals surface area contributed by atoms with Crippen LogP contribution < -0.4 is 5.01 Å². The molecule has 1 heterocycles. The normalized spacial score (nSPS) is 11.1. The number of nitrogens with zero attached hydrogens (tertiary/aromatic N) is 3. The number of imidazole rings is 1. The number of rotatable bonds is 2. The molecule has 0 N–H and O–H groups in total. The van der Waals surface area contributed by atoms with E-state index >= 15 is 0 Å². The maximum Gasteiger partial charge on any atom is 0.186 e. The van der Waals surface area contributed by atoms with E-state index in [9.17, 15) is 8.78 Å². The Hall–Kier alpha value is -1.36. The molecule has 3 nitrogen and oxygen atoms in total. The van der Waals surface area contributed by atoms with Gasteiger partial charge in [0.25, 0.3) is 0 Å². The summed E-state index contributed by atoms with van der Waals surface area (Å²) < 4.78 is 28.3. The van der Waals surface area contributed by atoms with Crippen LogP contribution >= 0.6 is 11.6 Å². The molecule has 0 spiro atoms. The molecule has 0 aliphatic rings. The Balaban J connectivity index is 2.86. The van der Waals surface area contributed by atoms with E-state index in [1.165, 1.54) is 10.7 Å². The van der Waals surface area contributed by atoms with Crippen LogP contribution in [0.5, 0.6) is 0 Å². The minimum Gasteiger partial charge on any atom is -0.317 e. The summed E-state index contributed by atoms with van der Waals surface area (Å²) in [7, 11) is 3.42. The summed E-state index contributed by atoms with van der Waals surface area (Å²) >= 11 is 5.71. The standard InChI is InChI=1S/C10H10ClF2N3/c1-15(2)16-8(5-11)14-7-4-3-6(12)9(13)10(7)16/h3-4H,5H2,1-2H3. The van der Waals surface area contributed by atoms with Gasteiger partial charge in [-0.1, -0.05) is 0 Å². The number of fused-ring (bicyclic) bond motifs is 1. The minimum atomic E-state index is -0.907. The molecule has 0 aliphatic heterocycles. The lowest BCUT2D eigenvalue weighted by Crippen LogP contribution is -2.27. The third-order valence-corrected chi connectivity index (χ3v) is 2.51. The van der Waals surface area contributed by atoms with E-state index in [-0.39, 0.29) is 11.4 Å². The molecule has 2 aromatic rings. The monoisotopic (exact) mass is 245 g/mol. The second-order valence-corrected chi connectivity index (χ2v) is 3.82. The van der Waals surface area contributed by atoms with Crippen LogP contribution in [0.1, 0.15) is 5.82 Å². The summed E-state index contributed by atoms with van der Waals surface area (Å²) in [5.74, 6) is -1.19. The van der Waals surface area contributed by atoms with Gasteiger partial charge in [-0.15, -0.1) is 11.6 Å². The molecule has 2 rings (SSSR count). The van der Waals surface area contributed by atoms with Crippen LogP contribution in [0.15, 0.2) is 12.1 Å².